The largest absolute Gasteiger partial charge is 0.345 e. The molecule has 0 N–H and O–H groups in total. The highest BCUT2D eigenvalue weighted by atomic mass is 19.1. The second-order valence-electron chi connectivity index (χ2n) is 3.45. The average Bonchev–Trinajstić information content (AvgIpc) is 2.16. The zero-order valence-corrected chi connectivity index (χ0v) is 8.87. The highest BCUT2D eigenvalue weighted by Crippen LogP contribution is 2.12. The maximum Gasteiger partial charge on any atom is 0.256 e. The molecule has 0 radical (unpaired) electrons. The Hall–Kier alpha value is -1.71. The van der Waals surface area contributed by atoms with Gasteiger partial charge in [0.2, 0.25) is 0 Å². The van der Waals surface area contributed by atoms with Gasteiger partial charge in [-0.25, -0.2) is 4.39 Å². The van der Waals surface area contributed by atoms with Gasteiger partial charge in [-0.2, -0.15) is 0 Å². The molecule has 3 nitrogen and oxygen atoms in total. The number of Topliss-reactive ketones (excluding diaryl/α,β-unsaturated/α-hetero) is 1. The van der Waals surface area contributed by atoms with Gasteiger partial charge in [0, 0.05) is 19.7 Å². The van der Waals surface area contributed by atoms with Crippen LogP contribution >= 0.6 is 0 Å². The predicted octanol–water partition coefficient (Wildman–Crippen LogP) is 1.73. The van der Waals surface area contributed by atoms with Crippen molar-refractivity contribution in [1.82, 2.24) is 4.90 Å². The number of amides is 1. The Morgan fingerprint density at radius 1 is 1.27 bits per heavy atom. The molecule has 1 rings (SSSR count). The smallest absolute Gasteiger partial charge is 0.256 e. The number of carbonyl (C=O) groups is 2. The van der Waals surface area contributed by atoms with E-state index in [1.165, 1.54) is 24.0 Å². The molecule has 0 aromatic heterocycles. The minimum atomic E-state index is -0.665. The summed E-state index contributed by atoms with van der Waals surface area (Å²) in [4.78, 5) is 23.7. The van der Waals surface area contributed by atoms with Crippen molar-refractivity contribution in [2.24, 2.45) is 0 Å². The lowest BCUT2D eigenvalue weighted by Gasteiger charge is -2.11. The van der Waals surface area contributed by atoms with Crippen molar-refractivity contribution in [3.05, 3.63) is 35.1 Å². The Bertz CT molecular complexity index is 413. The molecule has 0 heterocycles. The van der Waals surface area contributed by atoms with Crippen molar-refractivity contribution in [2.75, 3.05) is 14.1 Å². The Kier molecular flexibility index (Phi) is 3.19. The minimum Gasteiger partial charge on any atom is -0.345 e. The van der Waals surface area contributed by atoms with Crippen LogP contribution in [-0.2, 0) is 0 Å². The summed E-state index contributed by atoms with van der Waals surface area (Å²) in [5, 5.41) is 0. The van der Waals surface area contributed by atoms with Gasteiger partial charge in [0.05, 0.1) is 5.56 Å². The number of hydrogen-bond donors (Lipinski definition) is 0. The highest BCUT2D eigenvalue weighted by molar-refractivity contribution is 5.97. The summed E-state index contributed by atoms with van der Waals surface area (Å²) in [6, 6.07) is 3.86. The van der Waals surface area contributed by atoms with Gasteiger partial charge in [0.1, 0.15) is 5.82 Å². The minimum absolute atomic E-state index is 0.0231. The van der Waals surface area contributed by atoms with Gasteiger partial charge in [-0.15, -0.1) is 0 Å². The van der Waals surface area contributed by atoms with Gasteiger partial charge in [-0.05, 0) is 19.1 Å². The van der Waals surface area contributed by atoms with Crippen LogP contribution in [0, 0.1) is 5.82 Å². The number of hydrogen-bond acceptors (Lipinski definition) is 2. The van der Waals surface area contributed by atoms with Crippen molar-refractivity contribution in [2.45, 2.75) is 6.92 Å². The maximum atomic E-state index is 13.4. The van der Waals surface area contributed by atoms with Gasteiger partial charge < -0.3 is 4.90 Å². The fourth-order valence-corrected chi connectivity index (χ4v) is 1.15. The zero-order chi connectivity index (χ0) is 11.6. The molecule has 0 unspecified atom stereocenters. The van der Waals surface area contributed by atoms with Crippen molar-refractivity contribution in [3.8, 4) is 0 Å². The highest BCUT2D eigenvalue weighted by Gasteiger charge is 2.14. The molecule has 15 heavy (non-hydrogen) atoms. The second-order valence-corrected chi connectivity index (χ2v) is 3.45. The third-order valence-corrected chi connectivity index (χ3v) is 2.01. The molecule has 1 aromatic rings. The van der Waals surface area contributed by atoms with Crippen LogP contribution in [0.3, 0.4) is 0 Å². The predicted molar refractivity (Wildman–Crippen MR) is 54.4 cm³/mol. The fraction of sp³-hybridized carbons (Fsp3) is 0.273. The number of nitrogens with zero attached hydrogens (tertiary/aromatic N) is 1. The van der Waals surface area contributed by atoms with Crippen LogP contribution in [0.1, 0.15) is 27.6 Å². The standard InChI is InChI=1S/C11H12FNO2/c1-7(14)8-4-5-9(10(12)6-8)11(15)13(2)3/h4-6H,1-3H3. The van der Waals surface area contributed by atoms with E-state index < -0.39 is 11.7 Å². The molecular weight excluding hydrogens is 197 g/mol. The van der Waals surface area contributed by atoms with Crippen molar-refractivity contribution >= 4 is 11.7 Å². The van der Waals surface area contributed by atoms with Crippen LogP contribution < -0.4 is 0 Å². The SMILES string of the molecule is CC(=O)c1ccc(C(=O)N(C)C)c(F)c1. The molecule has 0 atom stereocenters. The quantitative estimate of drug-likeness (QED) is 0.695. The van der Waals surface area contributed by atoms with Gasteiger partial charge in [-0.1, -0.05) is 6.07 Å². The molecule has 0 spiro atoms. The van der Waals surface area contributed by atoms with E-state index in [0.29, 0.717) is 0 Å². The third kappa shape index (κ3) is 2.40. The first-order valence-corrected chi connectivity index (χ1v) is 4.45. The van der Waals surface area contributed by atoms with Crippen LogP contribution in [0.15, 0.2) is 18.2 Å². The molecule has 80 valence electrons. The molecule has 0 aliphatic rings. The molecule has 1 amide bonds. The van der Waals surface area contributed by atoms with E-state index in [9.17, 15) is 14.0 Å². The number of rotatable bonds is 2. The van der Waals surface area contributed by atoms with Gasteiger partial charge >= 0.3 is 0 Å². The maximum absolute atomic E-state index is 13.4. The number of ketones is 1. The zero-order valence-electron chi connectivity index (χ0n) is 8.87. The Balaban J connectivity index is 3.14. The monoisotopic (exact) mass is 209 g/mol. The number of halogens is 1. The van der Waals surface area contributed by atoms with Gasteiger partial charge in [-0.3, -0.25) is 9.59 Å². The van der Waals surface area contributed by atoms with Crippen molar-refractivity contribution < 1.29 is 14.0 Å². The summed E-state index contributed by atoms with van der Waals surface area (Å²) in [6.45, 7) is 1.35. The first-order valence-electron chi connectivity index (χ1n) is 4.45. The van der Waals surface area contributed by atoms with E-state index >= 15 is 0 Å². The van der Waals surface area contributed by atoms with Crippen LogP contribution in [0.25, 0.3) is 0 Å². The lowest BCUT2D eigenvalue weighted by Crippen LogP contribution is -2.22. The Morgan fingerprint density at radius 3 is 2.27 bits per heavy atom. The fourth-order valence-electron chi connectivity index (χ4n) is 1.15. The molecular formula is C11H12FNO2. The number of benzene rings is 1. The average molecular weight is 209 g/mol. The van der Waals surface area contributed by atoms with Crippen molar-refractivity contribution in [3.63, 3.8) is 0 Å². The molecule has 0 aliphatic heterocycles. The summed E-state index contributed by atoms with van der Waals surface area (Å²) >= 11 is 0. The first kappa shape index (κ1) is 11.4. The normalized spacial score (nSPS) is 9.87. The lowest BCUT2D eigenvalue weighted by atomic mass is 10.1. The van der Waals surface area contributed by atoms with E-state index in [0.717, 1.165) is 6.07 Å². The van der Waals surface area contributed by atoms with E-state index in [1.54, 1.807) is 14.1 Å². The van der Waals surface area contributed by atoms with Crippen molar-refractivity contribution in [1.29, 1.82) is 0 Å². The second kappa shape index (κ2) is 4.21. The van der Waals surface area contributed by atoms with E-state index in [-0.39, 0.29) is 16.9 Å². The first-order chi connectivity index (χ1) is 6.93. The van der Waals surface area contributed by atoms with E-state index in [1.807, 2.05) is 0 Å². The summed E-state index contributed by atoms with van der Waals surface area (Å²) in [7, 11) is 3.08. The van der Waals surface area contributed by atoms with Crippen LogP contribution in [0.4, 0.5) is 4.39 Å². The molecule has 4 heteroatoms. The van der Waals surface area contributed by atoms with E-state index in [4.69, 9.17) is 0 Å². The van der Waals surface area contributed by atoms with Gasteiger partial charge in [0.15, 0.2) is 5.78 Å². The summed E-state index contributed by atoms with van der Waals surface area (Å²) in [5.41, 5.74) is 0.243. The van der Waals surface area contributed by atoms with Gasteiger partial charge in [0.25, 0.3) is 5.91 Å². The molecule has 0 fully saturated rings. The van der Waals surface area contributed by atoms with Crippen LogP contribution in [0.2, 0.25) is 0 Å². The Labute approximate surface area is 87.5 Å². The number of carbonyl (C=O) groups excluding carboxylic acids is 2. The molecule has 1 aromatic carbocycles. The topological polar surface area (TPSA) is 37.4 Å². The van der Waals surface area contributed by atoms with Crippen LogP contribution in [0.5, 0.6) is 0 Å². The molecule has 0 bridgehead atoms. The lowest BCUT2D eigenvalue weighted by molar-refractivity contribution is 0.0822. The molecule has 0 aliphatic carbocycles. The molecule has 0 saturated carbocycles. The summed E-state index contributed by atoms with van der Waals surface area (Å²) < 4.78 is 13.4. The van der Waals surface area contributed by atoms with E-state index in [2.05, 4.69) is 0 Å². The summed E-state index contributed by atoms with van der Waals surface area (Å²) in [5.74, 6) is -1.30. The summed E-state index contributed by atoms with van der Waals surface area (Å²) in [6.07, 6.45) is 0. The third-order valence-electron chi connectivity index (χ3n) is 2.01. The molecule has 0 saturated heterocycles. The van der Waals surface area contributed by atoms with Crippen LogP contribution in [-0.4, -0.2) is 30.7 Å². The Morgan fingerprint density at radius 2 is 1.87 bits per heavy atom.